The molecule has 0 aromatic heterocycles. The Labute approximate surface area is 343 Å². The molecule has 1 amide bonds. The highest BCUT2D eigenvalue weighted by molar-refractivity contribution is 5.76. The molecule has 0 heterocycles. The number of hydrogen-bond donors (Lipinski definition) is 3. The summed E-state index contributed by atoms with van der Waals surface area (Å²) in [6.45, 7) is 4.91. The molecule has 2 atom stereocenters. The maximum atomic E-state index is 12.4. The molecule has 0 radical (unpaired) electrons. The van der Waals surface area contributed by atoms with E-state index in [9.17, 15) is 19.8 Å². The van der Waals surface area contributed by atoms with E-state index in [2.05, 4.69) is 19.2 Å². The zero-order valence-electron chi connectivity index (χ0n) is 37.2. The molecule has 0 aliphatic heterocycles. The molecule has 6 nitrogen and oxygen atoms in total. The van der Waals surface area contributed by atoms with E-state index in [1.54, 1.807) is 0 Å². The Balaban J connectivity index is 3.48. The monoisotopic (exact) mass is 780 g/mol. The molecule has 0 aromatic carbocycles. The van der Waals surface area contributed by atoms with Gasteiger partial charge in [-0.05, 0) is 25.7 Å². The molecule has 2 unspecified atom stereocenters. The number of hydrogen-bond acceptors (Lipinski definition) is 5. The van der Waals surface area contributed by atoms with Crippen LogP contribution in [-0.4, -0.2) is 47.4 Å². The first-order valence-corrected chi connectivity index (χ1v) is 24.8. The maximum absolute atomic E-state index is 12.4. The number of unbranched alkanes of at least 4 members (excludes halogenated alkanes) is 35. The van der Waals surface area contributed by atoms with Gasteiger partial charge in [-0.3, -0.25) is 9.59 Å². The minimum atomic E-state index is -0.677. The second kappa shape index (κ2) is 45.6. The smallest absolute Gasteiger partial charge is 0.305 e. The van der Waals surface area contributed by atoms with E-state index in [0.717, 1.165) is 57.8 Å². The minimum absolute atomic E-state index is 0.0184. The lowest BCUT2D eigenvalue weighted by atomic mass is 10.0. The third-order valence-electron chi connectivity index (χ3n) is 11.7. The number of rotatable bonds is 46. The molecule has 0 aliphatic carbocycles. The van der Waals surface area contributed by atoms with E-state index in [1.807, 2.05) is 0 Å². The second-order valence-electron chi connectivity index (χ2n) is 17.2. The number of carbonyl (C=O) groups is 2. The van der Waals surface area contributed by atoms with Crippen LogP contribution >= 0.6 is 0 Å². The average Bonchev–Trinajstić information content (AvgIpc) is 3.18. The Hall–Kier alpha value is -1.14. The van der Waals surface area contributed by atoms with Gasteiger partial charge in [0.1, 0.15) is 0 Å². The summed E-state index contributed by atoms with van der Waals surface area (Å²) in [5, 5.41) is 23.2. The normalized spacial score (nSPS) is 12.6. The highest BCUT2D eigenvalue weighted by atomic mass is 16.5. The Morgan fingerprint density at radius 3 is 1.11 bits per heavy atom. The van der Waals surface area contributed by atoms with E-state index >= 15 is 0 Å². The van der Waals surface area contributed by atoms with Crippen LogP contribution in [0.25, 0.3) is 0 Å². The van der Waals surface area contributed by atoms with Crippen LogP contribution in [0, 0.1) is 0 Å². The molecule has 3 N–H and O–H groups in total. The SMILES string of the molecule is CCCCCCCCCCCCCCCCCCCC(O)C(CO)NC(=O)CCCCCCCCCCCCOC(=O)CCCCCCCCCCCCC. The van der Waals surface area contributed by atoms with E-state index < -0.39 is 12.1 Å². The summed E-state index contributed by atoms with van der Waals surface area (Å²) < 4.78 is 5.43. The van der Waals surface area contributed by atoms with Crippen molar-refractivity contribution in [2.45, 2.75) is 289 Å². The van der Waals surface area contributed by atoms with Gasteiger partial charge in [0.25, 0.3) is 0 Å². The summed E-state index contributed by atoms with van der Waals surface area (Å²) in [6, 6.07) is -0.556. The van der Waals surface area contributed by atoms with Gasteiger partial charge >= 0.3 is 5.97 Å². The molecule has 0 aliphatic rings. The number of ether oxygens (including phenoxy) is 1. The van der Waals surface area contributed by atoms with Crippen LogP contribution < -0.4 is 5.32 Å². The lowest BCUT2D eigenvalue weighted by molar-refractivity contribution is -0.143. The fourth-order valence-electron chi connectivity index (χ4n) is 7.82. The first-order chi connectivity index (χ1) is 27.0. The fraction of sp³-hybridized carbons (Fsp3) is 0.959. The van der Waals surface area contributed by atoms with Crippen LogP contribution in [0.5, 0.6) is 0 Å². The van der Waals surface area contributed by atoms with Crippen molar-refractivity contribution in [1.82, 2.24) is 5.32 Å². The average molecular weight is 780 g/mol. The Kier molecular flexibility index (Phi) is 44.6. The Morgan fingerprint density at radius 2 is 0.745 bits per heavy atom. The summed E-state index contributed by atoms with van der Waals surface area (Å²) in [4.78, 5) is 24.4. The third kappa shape index (κ3) is 42.3. The quantitative estimate of drug-likeness (QED) is 0.0422. The van der Waals surface area contributed by atoms with Gasteiger partial charge in [0.15, 0.2) is 0 Å². The topological polar surface area (TPSA) is 95.9 Å². The predicted molar refractivity (Wildman–Crippen MR) is 237 cm³/mol. The molecular formula is C49H97NO5. The summed E-state index contributed by atoms with van der Waals surface area (Å²) >= 11 is 0. The van der Waals surface area contributed by atoms with Gasteiger partial charge in [-0.1, -0.05) is 239 Å². The van der Waals surface area contributed by atoms with Gasteiger partial charge in [-0.25, -0.2) is 0 Å². The van der Waals surface area contributed by atoms with Crippen molar-refractivity contribution in [3.8, 4) is 0 Å². The zero-order chi connectivity index (χ0) is 40.1. The molecule has 55 heavy (non-hydrogen) atoms. The second-order valence-corrected chi connectivity index (χ2v) is 17.2. The van der Waals surface area contributed by atoms with Crippen molar-refractivity contribution in [3.05, 3.63) is 0 Å². The molecule has 0 bridgehead atoms. The Morgan fingerprint density at radius 1 is 0.436 bits per heavy atom. The van der Waals surface area contributed by atoms with Crippen molar-refractivity contribution in [1.29, 1.82) is 0 Å². The number of aliphatic hydroxyl groups excluding tert-OH is 2. The molecule has 0 rings (SSSR count). The molecule has 0 spiro atoms. The van der Waals surface area contributed by atoms with Crippen LogP contribution in [0.3, 0.4) is 0 Å². The van der Waals surface area contributed by atoms with Gasteiger partial charge < -0.3 is 20.3 Å². The molecule has 328 valence electrons. The van der Waals surface area contributed by atoms with Gasteiger partial charge in [-0.2, -0.15) is 0 Å². The number of aliphatic hydroxyl groups is 2. The maximum Gasteiger partial charge on any atom is 0.305 e. The minimum Gasteiger partial charge on any atom is -0.466 e. The van der Waals surface area contributed by atoms with Crippen molar-refractivity contribution in [2.24, 2.45) is 0 Å². The van der Waals surface area contributed by atoms with E-state index in [-0.39, 0.29) is 18.5 Å². The van der Waals surface area contributed by atoms with Crippen molar-refractivity contribution < 1.29 is 24.5 Å². The molecule has 0 aromatic rings. The number of amides is 1. The van der Waals surface area contributed by atoms with Gasteiger partial charge in [0.05, 0.1) is 25.4 Å². The molecule has 6 heteroatoms. The van der Waals surface area contributed by atoms with Crippen LogP contribution in [0.15, 0.2) is 0 Å². The highest BCUT2D eigenvalue weighted by Gasteiger charge is 2.20. The van der Waals surface area contributed by atoms with Crippen molar-refractivity contribution in [3.63, 3.8) is 0 Å². The fourth-order valence-corrected chi connectivity index (χ4v) is 7.82. The standard InChI is InChI=1S/C49H97NO5/c1-3-5-7-9-11-13-15-16-17-18-19-20-22-25-29-33-37-41-47(52)46(45-51)50-48(53)42-38-34-30-26-23-24-28-32-36-40-44-55-49(54)43-39-35-31-27-21-14-12-10-8-6-4-2/h46-47,51-52H,3-45H2,1-2H3,(H,50,53). The van der Waals surface area contributed by atoms with Gasteiger partial charge in [-0.15, -0.1) is 0 Å². The summed E-state index contributed by atoms with van der Waals surface area (Å²) in [6.07, 6.45) is 49.2. The van der Waals surface area contributed by atoms with Gasteiger partial charge in [0.2, 0.25) is 5.91 Å². The van der Waals surface area contributed by atoms with Crippen molar-refractivity contribution >= 4 is 11.9 Å². The predicted octanol–water partition coefficient (Wildman–Crippen LogP) is 14.4. The van der Waals surface area contributed by atoms with Crippen LogP contribution in [0.4, 0.5) is 0 Å². The Bertz CT molecular complexity index is 776. The van der Waals surface area contributed by atoms with E-state index in [0.29, 0.717) is 25.9 Å². The number of esters is 1. The van der Waals surface area contributed by atoms with Crippen LogP contribution in [0.1, 0.15) is 277 Å². The summed E-state index contributed by atoms with van der Waals surface area (Å²) in [7, 11) is 0. The lowest BCUT2D eigenvalue weighted by Gasteiger charge is -2.22. The summed E-state index contributed by atoms with van der Waals surface area (Å²) in [5.41, 5.74) is 0. The van der Waals surface area contributed by atoms with Crippen molar-refractivity contribution in [2.75, 3.05) is 13.2 Å². The third-order valence-corrected chi connectivity index (χ3v) is 11.7. The summed E-state index contributed by atoms with van der Waals surface area (Å²) in [5.74, 6) is -0.0737. The lowest BCUT2D eigenvalue weighted by Crippen LogP contribution is -2.45. The molecule has 0 fully saturated rings. The highest BCUT2D eigenvalue weighted by Crippen LogP contribution is 2.17. The largest absolute Gasteiger partial charge is 0.466 e. The number of nitrogens with one attached hydrogen (secondary N) is 1. The first kappa shape index (κ1) is 53.9. The molecule has 0 saturated carbocycles. The zero-order valence-corrected chi connectivity index (χ0v) is 37.2. The van der Waals surface area contributed by atoms with Gasteiger partial charge in [0, 0.05) is 12.8 Å². The number of carbonyl (C=O) groups excluding carboxylic acids is 2. The van der Waals surface area contributed by atoms with E-state index in [4.69, 9.17) is 4.74 Å². The molecule has 0 saturated heterocycles. The van der Waals surface area contributed by atoms with Crippen LogP contribution in [0.2, 0.25) is 0 Å². The first-order valence-electron chi connectivity index (χ1n) is 24.8. The van der Waals surface area contributed by atoms with E-state index in [1.165, 1.54) is 186 Å². The van der Waals surface area contributed by atoms with Crippen LogP contribution in [-0.2, 0) is 14.3 Å². The molecular weight excluding hydrogens is 683 g/mol.